The Bertz CT molecular complexity index is 696. The lowest BCUT2D eigenvalue weighted by Crippen LogP contribution is -2.35. The van der Waals surface area contributed by atoms with E-state index < -0.39 is 5.97 Å². The maximum absolute atomic E-state index is 12.5. The van der Waals surface area contributed by atoms with Gasteiger partial charge in [0.15, 0.2) is 11.5 Å². The van der Waals surface area contributed by atoms with Gasteiger partial charge in [-0.15, -0.1) is 0 Å². The number of nitriles is 1. The number of nitrogen functional groups attached to an aromatic ring is 1. The molecule has 0 saturated carbocycles. The number of carbonyl (C=O) groups is 1. The Labute approximate surface area is 151 Å². The van der Waals surface area contributed by atoms with Crippen molar-refractivity contribution in [1.29, 1.82) is 5.26 Å². The summed E-state index contributed by atoms with van der Waals surface area (Å²) in [6, 6.07) is 3.62. The van der Waals surface area contributed by atoms with Crippen LogP contribution in [0, 0.1) is 17.2 Å². The molecule has 0 aromatic heterocycles. The van der Waals surface area contributed by atoms with Crippen LogP contribution in [-0.4, -0.2) is 50.3 Å². The number of nitrogens with two attached hydrogens (primary N) is 1. The van der Waals surface area contributed by atoms with Crippen LogP contribution in [0.4, 0.5) is 5.69 Å². The van der Waals surface area contributed by atoms with E-state index in [9.17, 15) is 4.79 Å². The van der Waals surface area contributed by atoms with Gasteiger partial charge in [-0.2, -0.15) is 5.26 Å². The van der Waals surface area contributed by atoms with Crippen LogP contribution in [0.25, 0.3) is 0 Å². The Morgan fingerprint density at radius 2 is 2.04 bits per heavy atom. The molecule has 0 amide bonds. The molecule has 1 aromatic rings. The molecule has 0 atom stereocenters. The van der Waals surface area contributed by atoms with Crippen molar-refractivity contribution >= 4 is 23.3 Å². The molecule has 1 fully saturated rings. The molecule has 0 bridgehead atoms. The number of rotatable bonds is 4. The van der Waals surface area contributed by atoms with Gasteiger partial charge >= 0.3 is 5.97 Å². The van der Waals surface area contributed by atoms with Crippen molar-refractivity contribution < 1.29 is 19.0 Å². The number of benzene rings is 1. The average Bonchev–Trinajstić information content (AvgIpc) is 2.64. The number of nitrogens with zero attached hydrogens (tertiary/aromatic N) is 2. The van der Waals surface area contributed by atoms with Gasteiger partial charge in [0.2, 0.25) is 0 Å². The summed E-state index contributed by atoms with van der Waals surface area (Å²) in [5.41, 5.74) is 6.38. The van der Waals surface area contributed by atoms with Gasteiger partial charge in [0, 0.05) is 0 Å². The molecule has 2 aliphatic rings. The van der Waals surface area contributed by atoms with Crippen molar-refractivity contribution in [1.82, 2.24) is 4.90 Å². The zero-order valence-corrected chi connectivity index (χ0v) is 14.6. The van der Waals surface area contributed by atoms with Crippen molar-refractivity contribution in [2.45, 2.75) is 12.8 Å². The summed E-state index contributed by atoms with van der Waals surface area (Å²) >= 11 is 6.09. The fourth-order valence-corrected chi connectivity index (χ4v) is 3.23. The number of anilines is 1. The van der Waals surface area contributed by atoms with Crippen LogP contribution < -0.4 is 15.2 Å². The topological polar surface area (TPSA) is 97.8 Å². The van der Waals surface area contributed by atoms with Crippen LogP contribution in [0.2, 0.25) is 5.02 Å². The Hall–Kier alpha value is -2.17. The highest BCUT2D eigenvalue weighted by molar-refractivity contribution is 6.34. The van der Waals surface area contributed by atoms with Gasteiger partial charge in [-0.05, 0) is 37.9 Å². The third-order valence-electron chi connectivity index (χ3n) is 4.47. The number of halogens is 1. The van der Waals surface area contributed by atoms with Crippen molar-refractivity contribution in [3.63, 3.8) is 0 Å². The summed E-state index contributed by atoms with van der Waals surface area (Å²) in [5, 5.41) is 8.96. The number of carbonyl (C=O) groups excluding carboxylic acids is 1. The van der Waals surface area contributed by atoms with Crippen LogP contribution >= 0.6 is 11.6 Å². The van der Waals surface area contributed by atoms with E-state index in [4.69, 9.17) is 36.8 Å². The molecule has 1 aromatic carbocycles. The minimum Gasteiger partial charge on any atom is -0.485 e. The summed E-state index contributed by atoms with van der Waals surface area (Å²) in [6.07, 6.45) is 1.80. The molecule has 2 heterocycles. The zero-order valence-electron chi connectivity index (χ0n) is 13.8. The number of fused-ring (bicyclic) bond motifs is 1. The van der Waals surface area contributed by atoms with Crippen LogP contribution in [0.15, 0.2) is 6.07 Å². The van der Waals surface area contributed by atoms with Crippen molar-refractivity contribution in [3.8, 4) is 17.6 Å². The number of hydrogen-bond acceptors (Lipinski definition) is 7. The van der Waals surface area contributed by atoms with E-state index in [0.29, 0.717) is 37.9 Å². The minimum atomic E-state index is -0.497. The van der Waals surface area contributed by atoms with E-state index in [1.807, 2.05) is 0 Å². The fourth-order valence-electron chi connectivity index (χ4n) is 3.03. The first-order valence-electron chi connectivity index (χ1n) is 8.24. The monoisotopic (exact) mass is 365 g/mol. The zero-order chi connectivity index (χ0) is 17.8. The standard InChI is InChI=1S/C17H20ClN3O4/c18-13-9-12(15-16(14(13)20)24-8-7-23-15)17(22)25-10-11-1-4-21(5-2-11)6-3-19/h9,11H,1-2,4-8,10,20H2. The quantitative estimate of drug-likeness (QED) is 0.495. The molecule has 2 N–H and O–H groups in total. The lowest BCUT2D eigenvalue weighted by Gasteiger charge is -2.29. The van der Waals surface area contributed by atoms with Crippen LogP contribution in [0.1, 0.15) is 23.2 Å². The highest BCUT2D eigenvalue weighted by Gasteiger charge is 2.27. The lowest BCUT2D eigenvalue weighted by molar-refractivity contribution is 0.0370. The average molecular weight is 366 g/mol. The maximum Gasteiger partial charge on any atom is 0.342 e. The Kier molecular flexibility index (Phi) is 5.51. The van der Waals surface area contributed by atoms with Crippen molar-refractivity contribution in [2.24, 2.45) is 5.92 Å². The van der Waals surface area contributed by atoms with Gasteiger partial charge in [0.1, 0.15) is 18.8 Å². The molecule has 3 rings (SSSR count). The van der Waals surface area contributed by atoms with Crippen LogP contribution in [0.3, 0.4) is 0 Å². The molecule has 0 aliphatic carbocycles. The Morgan fingerprint density at radius 1 is 1.36 bits per heavy atom. The Balaban J connectivity index is 1.63. The summed E-state index contributed by atoms with van der Waals surface area (Å²) in [5.74, 6) is 0.386. The number of piperidine rings is 1. The number of esters is 1. The van der Waals surface area contributed by atoms with E-state index >= 15 is 0 Å². The molecule has 0 radical (unpaired) electrons. The van der Waals surface area contributed by atoms with E-state index in [1.54, 1.807) is 0 Å². The van der Waals surface area contributed by atoms with E-state index in [2.05, 4.69) is 11.0 Å². The number of hydrogen-bond donors (Lipinski definition) is 1. The first-order chi connectivity index (χ1) is 12.1. The first-order valence-corrected chi connectivity index (χ1v) is 8.62. The molecule has 134 valence electrons. The highest BCUT2D eigenvalue weighted by Crippen LogP contribution is 2.43. The van der Waals surface area contributed by atoms with Gasteiger partial charge in [0.05, 0.1) is 29.9 Å². The van der Waals surface area contributed by atoms with E-state index in [0.717, 1.165) is 25.9 Å². The molecule has 8 heteroatoms. The summed E-state index contributed by atoms with van der Waals surface area (Å²) in [6.45, 7) is 3.15. The summed E-state index contributed by atoms with van der Waals surface area (Å²) < 4.78 is 16.5. The summed E-state index contributed by atoms with van der Waals surface area (Å²) in [4.78, 5) is 14.6. The lowest BCUT2D eigenvalue weighted by atomic mass is 9.98. The van der Waals surface area contributed by atoms with Gasteiger partial charge in [-0.3, -0.25) is 4.90 Å². The normalized spacial score (nSPS) is 17.8. The predicted molar refractivity (Wildman–Crippen MR) is 91.9 cm³/mol. The van der Waals surface area contributed by atoms with Crippen LogP contribution in [-0.2, 0) is 4.74 Å². The fraction of sp³-hybridized carbons (Fsp3) is 0.529. The molecule has 1 saturated heterocycles. The summed E-state index contributed by atoms with van der Waals surface area (Å²) in [7, 11) is 0. The third kappa shape index (κ3) is 3.91. The van der Waals surface area contributed by atoms with Gasteiger partial charge in [0.25, 0.3) is 0 Å². The smallest absolute Gasteiger partial charge is 0.342 e. The van der Waals surface area contributed by atoms with Crippen molar-refractivity contribution in [3.05, 3.63) is 16.7 Å². The maximum atomic E-state index is 12.5. The second kappa shape index (κ2) is 7.81. The highest BCUT2D eigenvalue weighted by atomic mass is 35.5. The molecule has 2 aliphatic heterocycles. The van der Waals surface area contributed by atoms with Crippen LogP contribution in [0.5, 0.6) is 11.5 Å². The molecule has 7 nitrogen and oxygen atoms in total. The van der Waals surface area contributed by atoms with Gasteiger partial charge in [-0.25, -0.2) is 4.79 Å². The van der Waals surface area contributed by atoms with Crippen molar-refractivity contribution in [2.75, 3.05) is 45.2 Å². The second-order valence-electron chi connectivity index (χ2n) is 6.15. The molecular weight excluding hydrogens is 346 g/mol. The minimum absolute atomic E-state index is 0.232. The number of ether oxygens (including phenoxy) is 3. The molecular formula is C17H20ClN3O4. The second-order valence-corrected chi connectivity index (χ2v) is 6.56. The SMILES string of the molecule is N#CCN1CCC(COC(=O)c2cc(Cl)c(N)c3c2OCCO3)CC1. The van der Waals surface area contributed by atoms with Gasteiger partial charge < -0.3 is 19.9 Å². The predicted octanol–water partition coefficient (Wildman–Crippen LogP) is 2.09. The molecule has 0 unspecified atom stereocenters. The Morgan fingerprint density at radius 3 is 2.72 bits per heavy atom. The molecule has 0 spiro atoms. The number of likely N-dealkylation sites (tertiary alicyclic amines) is 1. The van der Waals surface area contributed by atoms with E-state index in [-0.39, 0.29) is 22.2 Å². The largest absolute Gasteiger partial charge is 0.485 e. The first kappa shape index (κ1) is 17.6. The third-order valence-corrected chi connectivity index (χ3v) is 4.78. The van der Waals surface area contributed by atoms with E-state index in [1.165, 1.54) is 6.07 Å². The van der Waals surface area contributed by atoms with Gasteiger partial charge in [-0.1, -0.05) is 11.6 Å². The molecule has 25 heavy (non-hydrogen) atoms.